The fourth-order valence-electron chi connectivity index (χ4n) is 3.07. The van der Waals surface area contributed by atoms with Crippen molar-refractivity contribution in [2.24, 2.45) is 0 Å². The Morgan fingerprint density at radius 3 is 2.41 bits per heavy atom. The first-order valence-electron chi connectivity index (χ1n) is 9.02. The number of pyridine rings is 1. The Morgan fingerprint density at radius 1 is 1.11 bits per heavy atom. The number of amides is 3. The fraction of sp³-hybridized carbons (Fsp3) is 0.350. The molecule has 0 spiro atoms. The maximum absolute atomic E-state index is 12.4. The van der Waals surface area contributed by atoms with Crippen LogP contribution in [0.15, 0.2) is 48.8 Å². The molecule has 27 heavy (non-hydrogen) atoms. The minimum atomic E-state index is -0.190. The number of aromatic nitrogens is 1. The van der Waals surface area contributed by atoms with Gasteiger partial charge in [-0.15, -0.1) is 0 Å². The highest BCUT2D eigenvalue weighted by Crippen LogP contribution is 2.14. The maximum Gasteiger partial charge on any atom is 0.315 e. The van der Waals surface area contributed by atoms with Crippen molar-refractivity contribution in [3.05, 3.63) is 59.9 Å². The predicted octanol–water partition coefficient (Wildman–Crippen LogP) is 2.19. The number of methoxy groups -OCH3 is 1. The number of likely N-dealkylation sites (tertiary alicyclic amines) is 1. The Kier molecular flexibility index (Phi) is 6.25. The van der Waals surface area contributed by atoms with Crippen molar-refractivity contribution < 1.29 is 14.3 Å². The van der Waals surface area contributed by atoms with E-state index in [1.165, 1.54) is 0 Å². The van der Waals surface area contributed by atoms with Gasteiger partial charge in [0.2, 0.25) is 0 Å². The van der Waals surface area contributed by atoms with Crippen LogP contribution in [0.3, 0.4) is 0 Å². The van der Waals surface area contributed by atoms with Crippen LogP contribution in [0.2, 0.25) is 0 Å². The van der Waals surface area contributed by atoms with E-state index in [2.05, 4.69) is 15.6 Å². The maximum atomic E-state index is 12.4. The third-order valence-corrected chi connectivity index (χ3v) is 4.66. The molecule has 0 radical (unpaired) electrons. The topological polar surface area (TPSA) is 83.6 Å². The van der Waals surface area contributed by atoms with Gasteiger partial charge in [0.1, 0.15) is 5.75 Å². The number of hydrogen-bond acceptors (Lipinski definition) is 4. The van der Waals surface area contributed by atoms with E-state index in [9.17, 15) is 9.59 Å². The largest absolute Gasteiger partial charge is 0.497 e. The Balaban J connectivity index is 1.40. The van der Waals surface area contributed by atoms with Crippen molar-refractivity contribution in [2.75, 3.05) is 20.2 Å². The van der Waals surface area contributed by atoms with Crippen molar-refractivity contribution in [1.29, 1.82) is 0 Å². The first kappa shape index (κ1) is 18.7. The van der Waals surface area contributed by atoms with E-state index < -0.39 is 0 Å². The molecule has 0 unspecified atom stereocenters. The predicted molar refractivity (Wildman–Crippen MR) is 102 cm³/mol. The summed E-state index contributed by atoms with van der Waals surface area (Å²) in [5, 5.41) is 5.85. The number of carbonyl (C=O) groups excluding carboxylic acids is 2. The zero-order valence-corrected chi connectivity index (χ0v) is 15.4. The van der Waals surface area contributed by atoms with Crippen LogP contribution in [0.25, 0.3) is 0 Å². The lowest BCUT2D eigenvalue weighted by atomic mass is 10.0. The summed E-state index contributed by atoms with van der Waals surface area (Å²) in [5.74, 6) is 0.802. The summed E-state index contributed by atoms with van der Waals surface area (Å²) in [7, 11) is 1.62. The number of piperidine rings is 1. The van der Waals surface area contributed by atoms with Gasteiger partial charge in [0, 0.05) is 43.6 Å². The molecule has 1 aromatic carbocycles. The molecule has 3 amide bonds. The van der Waals surface area contributed by atoms with Gasteiger partial charge in [-0.25, -0.2) is 4.79 Å². The van der Waals surface area contributed by atoms with Crippen LogP contribution < -0.4 is 15.4 Å². The lowest BCUT2D eigenvalue weighted by Gasteiger charge is -2.32. The number of rotatable bonds is 5. The third-order valence-electron chi connectivity index (χ3n) is 4.66. The second kappa shape index (κ2) is 9.02. The van der Waals surface area contributed by atoms with Crippen LogP contribution in [0.4, 0.5) is 4.79 Å². The normalized spacial score (nSPS) is 14.5. The Bertz CT molecular complexity index is 757. The minimum Gasteiger partial charge on any atom is -0.497 e. The number of benzene rings is 1. The number of carbonyl (C=O) groups is 2. The molecule has 3 rings (SSSR count). The number of hydrogen-bond donors (Lipinski definition) is 2. The third kappa shape index (κ3) is 5.20. The molecule has 2 heterocycles. The number of nitrogens with one attached hydrogen (secondary N) is 2. The van der Waals surface area contributed by atoms with Gasteiger partial charge in [-0.2, -0.15) is 0 Å². The number of ether oxygens (including phenoxy) is 1. The van der Waals surface area contributed by atoms with Crippen molar-refractivity contribution >= 4 is 11.9 Å². The van der Waals surface area contributed by atoms with E-state index in [0.717, 1.165) is 24.2 Å². The van der Waals surface area contributed by atoms with Gasteiger partial charge in [-0.1, -0.05) is 12.1 Å². The van der Waals surface area contributed by atoms with Crippen LogP contribution >= 0.6 is 0 Å². The Hall–Kier alpha value is -3.09. The summed E-state index contributed by atoms with van der Waals surface area (Å²) < 4.78 is 5.12. The van der Waals surface area contributed by atoms with E-state index in [4.69, 9.17) is 4.74 Å². The minimum absolute atomic E-state index is 0.0137. The smallest absolute Gasteiger partial charge is 0.315 e. The highest BCUT2D eigenvalue weighted by atomic mass is 16.5. The van der Waals surface area contributed by atoms with Gasteiger partial charge in [-0.05, 0) is 42.7 Å². The number of urea groups is 1. The Labute approximate surface area is 158 Å². The van der Waals surface area contributed by atoms with Crippen molar-refractivity contribution in [3.63, 3.8) is 0 Å². The molecule has 1 aliphatic rings. The summed E-state index contributed by atoms with van der Waals surface area (Å²) in [6.45, 7) is 1.71. The van der Waals surface area contributed by atoms with E-state index in [1.54, 1.807) is 31.6 Å². The van der Waals surface area contributed by atoms with E-state index >= 15 is 0 Å². The molecule has 2 aromatic rings. The fourth-order valence-corrected chi connectivity index (χ4v) is 3.07. The van der Waals surface area contributed by atoms with E-state index in [0.29, 0.717) is 25.2 Å². The van der Waals surface area contributed by atoms with Crippen molar-refractivity contribution in [1.82, 2.24) is 20.5 Å². The summed E-state index contributed by atoms with van der Waals surface area (Å²) >= 11 is 0. The molecule has 0 bridgehead atoms. The highest BCUT2D eigenvalue weighted by Gasteiger charge is 2.24. The van der Waals surface area contributed by atoms with E-state index in [-0.39, 0.29) is 18.0 Å². The summed E-state index contributed by atoms with van der Waals surface area (Å²) in [6, 6.07) is 10.9. The van der Waals surface area contributed by atoms with E-state index in [1.807, 2.05) is 29.2 Å². The van der Waals surface area contributed by atoms with Crippen LogP contribution in [0.5, 0.6) is 5.75 Å². The molecule has 0 saturated carbocycles. The molecular formula is C20H24N4O3. The molecular weight excluding hydrogens is 344 g/mol. The van der Waals surface area contributed by atoms with Crippen LogP contribution in [0.1, 0.15) is 28.8 Å². The SMILES string of the molecule is COc1ccc(CNC(=O)NC2CCN(C(=O)c3ccncc3)CC2)cc1. The molecule has 1 saturated heterocycles. The van der Waals surface area contributed by atoms with Gasteiger partial charge in [-0.3, -0.25) is 9.78 Å². The first-order valence-corrected chi connectivity index (χ1v) is 9.02. The number of nitrogens with zero attached hydrogens (tertiary/aromatic N) is 2. The molecule has 1 aromatic heterocycles. The molecule has 142 valence electrons. The average Bonchev–Trinajstić information content (AvgIpc) is 2.73. The Morgan fingerprint density at radius 2 is 1.78 bits per heavy atom. The van der Waals surface area contributed by atoms with Gasteiger partial charge in [0.05, 0.1) is 7.11 Å². The van der Waals surface area contributed by atoms with Gasteiger partial charge >= 0.3 is 6.03 Å². The van der Waals surface area contributed by atoms with Crippen molar-refractivity contribution in [3.8, 4) is 5.75 Å². The zero-order valence-electron chi connectivity index (χ0n) is 15.4. The molecule has 7 nitrogen and oxygen atoms in total. The summed E-state index contributed by atoms with van der Waals surface area (Å²) in [6.07, 6.45) is 4.73. The quantitative estimate of drug-likeness (QED) is 0.847. The summed E-state index contributed by atoms with van der Waals surface area (Å²) in [4.78, 5) is 30.3. The molecule has 7 heteroatoms. The summed E-state index contributed by atoms with van der Waals surface area (Å²) in [5.41, 5.74) is 1.65. The molecule has 1 aliphatic heterocycles. The van der Waals surface area contributed by atoms with Crippen molar-refractivity contribution in [2.45, 2.75) is 25.4 Å². The highest BCUT2D eigenvalue weighted by molar-refractivity contribution is 5.94. The monoisotopic (exact) mass is 368 g/mol. The molecule has 2 N–H and O–H groups in total. The van der Waals surface area contributed by atoms with Crippen LogP contribution in [-0.2, 0) is 6.54 Å². The second-order valence-corrected chi connectivity index (χ2v) is 6.48. The lowest BCUT2D eigenvalue weighted by Crippen LogP contribution is -2.49. The molecule has 1 fully saturated rings. The lowest BCUT2D eigenvalue weighted by molar-refractivity contribution is 0.0708. The molecule has 0 aliphatic carbocycles. The average molecular weight is 368 g/mol. The van der Waals surface area contributed by atoms with Crippen LogP contribution in [-0.4, -0.2) is 48.1 Å². The second-order valence-electron chi connectivity index (χ2n) is 6.48. The zero-order chi connectivity index (χ0) is 19.1. The molecule has 0 atom stereocenters. The van der Waals surface area contributed by atoms with Crippen LogP contribution in [0, 0.1) is 0 Å². The van der Waals surface area contributed by atoms with Gasteiger partial charge in [0.25, 0.3) is 5.91 Å². The van der Waals surface area contributed by atoms with Gasteiger partial charge in [0.15, 0.2) is 0 Å². The standard InChI is InChI=1S/C20H24N4O3/c1-27-18-4-2-15(3-5-18)14-22-20(26)23-17-8-12-24(13-9-17)19(25)16-6-10-21-11-7-16/h2-7,10-11,17H,8-9,12-14H2,1H3,(H2,22,23,26). The van der Waals surface area contributed by atoms with Gasteiger partial charge < -0.3 is 20.3 Å². The first-order chi connectivity index (χ1) is 13.2.